The first kappa shape index (κ1) is 19.3. The minimum absolute atomic E-state index is 0.471. The lowest BCUT2D eigenvalue weighted by molar-refractivity contribution is -0.137. The number of nitrogens with zero attached hydrogens (tertiary/aromatic N) is 1. The van der Waals surface area contributed by atoms with E-state index in [-0.39, 0.29) is 0 Å². The van der Waals surface area contributed by atoms with Crippen LogP contribution in [0, 0.1) is 0 Å². The first-order chi connectivity index (χ1) is 11.5. The monoisotopic (exact) mass is 342 g/mol. The van der Waals surface area contributed by atoms with Crippen molar-refractivity contribution < 1.29 is 13.2 Å². The van der Waals surface area contributed by atoms with Gasteiger partial charge in [-0.25, -0.2) is 0 Å². The van der Waals surface area contributed by atoms with Crippen LogP contribution < -0.4 is 5.32 Å². The molecule has 0 amide bonds. The predicted octanol–water partition coefficient (Wildman–Crippen LogP) is 4.84. The maximum Gasteiger partial charge on any atom is 0.416 e. The molecule has 0 bridgehead atoms. The average molecular weight is 342 g/mol. The molecule has 0 atom stereocenters. The third-order valence-electron chi connectivity index (χ3n) is 4.79. The van der Waals surface area contributed by atoms with Gasteiger partial charge in [-0.15, -0.1) is 0 Å². The zero-order chi connectivity index (χ0) is 17.4. The second-order valence-corrected chi connectivity index (χ2v) is 6.75. The molecule has 1 aromatic rings. The van der Waals surface area contributed by atoms with Gasteiger partial charge in [0.2, 0.25) is 0 Å². The largest absolute Gasteiger partial charge is 0.416 e. The van der Waals surface area contributed by atoms with Crippen LogP contribution in [0.3, 0.4) is 0 Å². The molecule has 136 valence electrons. The van der Waals surface area contributed by atoms with Gasteiger partial charge in [-0.2, -0.15) is 13.2 Å². The minimum Gasteiger partial charge on any atom is -0.310 e. The molecule has 1 saturated heterocycles. The highest BCUT2D eigenvalue weighted by Crippen LogP contribution is 2.29. The molecule has 2 rings (SSSR count). The summed E-state index contributed by atoms with van der Waals surface area (Å²) in [4.78, 5) is 2.53. The van der Waals surface area contributed by atoms with Gasteiger partial charge in [0.25, 0.3) is 0 Å². The summed E-state index contributed by atoms with van der Waals surface area (Å²) in [5, 5.41) is 3.49. The highest BCUT2D eigenvalue weighted by atomic mass is 19.4. The van der Waals surface area contributed by atoms with Crippen molar-refractivity contribution in [1.29, 1.82) is 0 Å². The van der Waals surface area contributed by atoms with E-state index in [9.17, 15) is 13.2 Å². The Labute approximate surface area is 143 Å². The van der Waals surface area contributed by atoms with Crippen molar-refractivity contribution in [2.75, 3.05) is 19.6 Å². The third-order valence-corrected chi connectivity index (χ3v) is 4.79. The number of benzene rings is 1. The molecule has 1 aliphatic heterocycles. The Bertz CT molecular complexity index is 462. The molecule has 5 heteroatoms. The predicted molar refractivity (Wildman–Crippen MR) is 91.9 cm³/mol. The Morgan fingerprint density at radius 3 is 2.29 bits per heavy atom. The van der Waals surface area contributed by atoms with Crippen LogP contribution in [-0.4, -0.2) is 30.6 Å². The Kier molecular flexibility index (Phi) is 7.56. The molecule has 1 N–H and O–H groups in total. The molecule has 1 fully saturated rings. The summed E-state index contributed by atoms with van der Waals surface area (Å²) in [6.45, 7) is 6.31. The number of nitrogens with one attached hydrogen (secondary N) is 1. The second-order valence-electron chi connectivity index (χ2n) is 6.75. The maximum atomic E-state index is 12.5. The lowest BCUT2D eigenvalue weighted by Crippen LogP contribution is -2.42. The third kappa shape index (κ3) is 6.44. The number of alkyl halides is 3. The van der Waals surface area contributed by atoms with Crippen LogP contribution in [0.1, 0.15) is 56.6 Å². The Balaban J connectivity index is 1.65. The van der Waals surface area contributed by atoms with E-state index in [0.717, 1.165) is 43.6 Å². The van der Waals surface area contributed by atoms with E-state index in [4.69, 9.17) is 0 Å². The van der Waals surface area contributed by atoms with Crippen LogP contribution in [0.2, 0.25) is 0 Å². The van der Waals surface area contributed by atoms with E-state index in [1.54, 1.807) is 12.1 Å². The molecule has 1 aromatic carbocycles. The Hall–Kier alpha value is -1.07. The quantitative estimate of drug-likeness (QED) is 0.680. The summed E-state index contributed by atoms with van der Waals surface area (Å²) >= 11 is 0. The zero-order valence-corrected chi connectivity index (χ0v) is 14.5. The van der Waals surface area contributed by atoms with Crippen LogP contribution in [-0.2, 0) is 12.7 Å². The van der Waals surface area contributed by atoms with Crippen molar-refractivity contribution in [3.63, 3.8) is 0 Å². The van der Waals surface area contributed by atoms with Crippen molar-refractivity contribution in [2.24, 2.45) is 0 Å². The number of hydrogen-bond acceptors (Lipinski definition) is 2. The second kappa shape index (κ2) is 9.42. The lowest BCUT2D eigenvalue weighted by atomic mass is 10.0. The fourth-order valence-electron chi connectivity index (χ4n) is 3.20. The van der Waals surface area contributed by atoms with Gasteiger partial charge in [-0.1, -0.05) is 38.3 Å². The van der Waals surface area contributed by atoms with Gasteiger partial charge < -0.3 is 10.2 Å². The van der Waals surface area contributed by atoms with Crippen LogP contribution in [0.4, 0.5) is 13.2 Å². The summed E-state index contributed by atoms with van der Waals surface area (Å²) in [6, 6.07) is 5.93. The van der Waals surface area contributed by atoms with Gasteiger partial charge in [0.1, 0.15) is 0 Å². The normalized spacial score (nSPS) is 17.3. The Morgan fingerprint density at radius 1 is 1.04 bits per heavy atom. The molecule has 0 unspecified atom stereocenters. The fourth-order valence-corrected chi connectivity index (χ4v) is 3.20. The van der Waals surface area contributed by atoms with E-state index < -0.39 is 11.7 Å². The summed E-state index contributed by atoms with van der Waals surface area (Å²) in [6.07, 6.45) is 3.19. The number of unbranched alkanes of at least 4 members (excludes halogenated alkanes) is 3. The SMILES string of the molecule is CCCCCCN1CCC(NCc2ccc(C(F)(F)F)cc2)CC1. The standard InChI is InChI=1S/C19H29F3N2/c1-2-3-4-5-12-24-13-10-18(11-14-24)23-15-16-6-8-17(9-7-16)19(20,21)22/h6-9,18,23H,2-5,10-15H2,1H3. The summed E-state index contributed by atoms with van der Waals surface area (Å²) in [5.74, 6) is 0. The maximum absolute atomic E-state index is 12.5. The smallest absolute Gasteiger partial charge is 0.310 e. The van der Waals surface area contributed by atoms with Crippen molar-refractivity contribution in [3.8, 4) is 0 Å². The van der Waals surface area contributed by atoms with Crippen molar-refractivity contribution in [3.05, 3.63) is 35.4 Å². The molecular formula is C19H29F3N2. The Morgan fingerprint density at radius 2 is 1.71 bits per heavy atom. The molecule has 0 aliphatic carbocycles. The molecule has 2 nitrogen and oxygen atoms in total. The number of rotatable bonds is 8. The van der Waals surface area contributed by atoms with Crippen LogP contribution >= 0.6 is 0 Å². The minimum atomic E-state index is -4.25. The van der Waals surface area contributed by atoms with E-state index in [1.165, 1.54) is 32.2 Å². The zero-order valence-electron chi connectivity index (χ0n) is 14.5. The number of hydrogen-bond donors (Lipinski definition) is 1. The van der Waals surface area contributed by atoms with Crippen LogP contribution in [0.15, 0.2) is 24.3 Å². The van der Waals surface area contributed by atoms with Gasteiger partial charge in [-0.05, 0) is 56.6 Å². The van der Waals surface area contributed by atoms with Crippen LogP contribution in [0.5, 0.6) is 0 Å². The number of piperidine rings is 1. The van der Waals surface area contributed by atoms with Crippen molar-refractivity contribution >= 4 is 0 Å². The van der Waals surface area contributed by atoms with Crippen molar-refractivity contribution in [2.45, 2.75) is 64.2 Å². The van der Waals surface area contributed by atoms with Gasteiger partial charge >= 0.3 is 6.18 Å². The summed E-state index contributed by atoms with van der Waals surface area (Å²) in [5.41, 5.74) is 0.327. The van der Waals surface area contributed by atoms with E-state index in [1.807, 2.05) is 0 Å². The molecule has 0 spiro atoms. The molecule has 1 aliphatic rings. The molecular weight excluding hydrogens is 313 g/mol. The van der Waals surface area contributed by atoms with Gasteiger partial charge in [0, 0.05) is 12.6 Å². The van der Waals surface area contributed by atoms with E-state index in [2.05, 4.69) is 17.1 Å². The molecule has 0 aromatic heterocycles. The van der Waals surface area contributed by atoms with Crippen molar-refractivity contribution in [1.82, 2.24) is 10.2 Å². The molecule has 24 heavy (non-hydrogen) atoms. The number of likely N-dealkylation sites (tertiary alicyclic amines) is 1. The fraction of sp³-hybridized carbons (Fsp3) is 0.684. The van der Waals surface area contributed by atoms with E-state index in [0.29, 0.717) is 12.6 Å². The van der Waals surface area contributed by atoms with E-state index >= 15 is 0 Å². The summed E-state index contributed by atoms with van der Waals surface area (Å²) < 4.78 is 37.6. The van der Waals surface area contributed by atoms with Crippen LogP contribution in [0.25, 0.3) is 0 Å². The van der Waals surface area contributed by atoms with Gasteiger partial charge in [0.05, 0.1) is 5.56 Å². The topological polar surface area (TPSA) is 15.3 Å². The highest BCUT2D eigenvalue weighted by Gasteiger charge is 2.29. The van der Waals surface area contributed by atoms with Gasteiger partial charge in [0.15, 0.2) is 0 Å². The first-order valence-electron chi connectivity index (χ1n) is 9.11. The lowest BCUT2D eigenvalue weighted by Gasteiger charge is -2.32. The first-order valence-corrected chi connectivity index (χ1v) is 9.11. The molecule has 0 radical (unpaired) electrons. The van der Waals surface area contributed by atoms with Gasteiger partial charge in [-0.3, -0.25) is 0 Å². The molecule has 1 heterocycles. The molecule has 0 saturated carbocycles. The average Bonchev–Trinajstić information content (AvgIpc) is 2.57. The number of halogens is 3. The highest BCUT2D eigenvalue weighted by molar-refractivity contribution is 5.24. The summed E-state index contributed by atoms with van der Waals surface area (Å²) in [7, 11) is 0.